The Bertz CT molecular complexity index is 1850. The number of fused-ring (bicyclic) bond motifs is 1. The number of carbonyl (C=O) groups excluding carboxylic acids is 1. The summed E-state index contributed by atoms with van der Waals surface area (Å²) in [6, 6.07) is 8.15. The molecule has 0 spiro atoms. The molecule has 0 aliphatic carbocycles. The highest BCUT2D eigenvalue weighted by atomic mass is 19.4. The van der Waals surface area contributed by atoms with E-state index in [1.807, 2.05) is 11.9 Å². The third-order valence-electron chi connectivity index (χ3n) is 7.24. The minimum Gasteiger partial charge on any atom is -0.369 e. The lowest BCUT2D eigenvalue weighted by Crippen LogP contribution is -2.44. The van der Waals surface area contributed by atoms with Gasteiger partial charge in [-0.05, 0) is 49.5 Å². The second-order valence-electron chi connectivity index (χ2n) is 10.1. The molecule has 2 aromatic carbocycles. The van der Waals surface area contributed by atoms with Crippen molar-refractivity contribution in [3.05, 3.63) is 84.1 Å². The van der Waals surface area contributed by atoms with Crippen LogP contribution in [0.5, 0.6) is 0 Å². The Labute approximate surface area is 247 Å². The predicted molar refractivity (Wildman–Crippen MR) is 154 cm³/mol. The summed E-state index contributed by atoms with van der Waals surface area (Å²) in [5.74, 6) is -3.15. The molecule has 0 unspecified atom stereocenters. The monoisotopic (exact) mass is 609 g/mol. The minimum atomic E-state index is -4.72. The van der Waals surface area contributed by atoms with Crippen molar-refractivity contribution in [2.75, 3.05) is 48.8 Å². The molecule has 4 heterocycles. The number of pyridine rings is 1. The standard InChI is InChI=1S/C29H24F5N9O/c1-42-7-9-43(10-8-42)18-12-16(11-17(13-18)29(32,33)34)28(44)40-21-5-4-20(30)24(22(21)31)41-26-19(3-2-6-35-26)23-25-27(38-14-36-23)39-15-37-25/h2-6,11-15H,7-10H2,1H3,(H,35,41)(H,40,44)(H,36,37,38,39). The minimum absolute atomic E-state index is 0.0338. The molecule has 6 rings (SSSR count). The number of rotatable bonds is 6. The van der Waals surface area contributed by atoms with Gasteiger partial charge >= 0.3 is 6.18 Å². The number of carbonyl (C=O) groups is 1. The average molecular weight is 610 g/mol. The summed E-state index contributed by atoms with van der Waals surface area (Å²) in [6.07, 6.45) is -0.591. The first-order valence-electron chi connectivity index (χ1n) is 13.4. The van der Waals surface area contributed by atoms with E-state index in [-0.39, 0.29) is 17.1 Å². The molecule has 44 heavy (non-hydrogen) atoms. The van der Waals surface area contributed by atoms with E-state index in [9.17, 15) is 22.4 Å². The number of nitrogens with one attached hydrogen (secondary N) is 3. The zero-order valence-electron chi connectivity index (χ0n) is 23.1. The highest BCUT2D eigenvalue weighted by molar-refractivity contribution is 6.05. The van der Waals surface area contributed by atoms with Crippen molar-refractivity contribution in [2.24, 2.45) is 0 Å². The maximum Gasteiger partial charge on any atom is 0.416 e. The van der Waals surface area contributed by atoms with Crippen LogP contribution in [-0.4, -0.2) is 69.0 Å². The summed E-state index contributed by atoms with van der Waals surface area (Å²) in [5.41, 5.74) is -0.661. The van der Waals surface area contributed by atoms with Gasteiger partial charge in [0.05, 0.1) is 17.6 Å². The number of aromatic amines is 1. The van der Waals surface area contributed by atoms with Gasteiger partial charge in [0.1, 0.15) is 34.9 Å². The zero-order valence-corrected chi connectivity index (χ0v) is 23.1. The van der Waals surface area contributed by atoms with Crippen molar-refractivity contribution in [3.63, 3.8) is 0 Å². The van der Waals surface area contributed by atoms with E-state index in [2.05, 4.69) is 35.6 Å². The maximum atomic E-state index is 15.7. The third-order valence-corrected chi connectivity index (χ3v) is 7.24. The lowest BCUT2D eigenvalue weighted by Gasteiger charge is -2.34. The number of likely N-dealkylation sites (N-methyl/N-ethyl adjacent to an activating group) is 1. The summed E-state index contributed by atoms with van der Waals surface area (Å²) < 4.78 is 72.0. The Morgan fingerprint density at radius 3 is 2.55 bits per heavy atom. The number of anilines is 4. The van der Waals surface area contributed by atoms with Crippen molar-refractivity contribution in [3.8, 4) is 11.3 Å². The quantitative estimate of drug-likeness (QED) is 0.218. The molecule has 3 aromatic heterocycles. The molecule has 1 amide bonds. The van der Waals surface area contributed by atoms with Gasteiger partial charge in [-0.1, -0.05) is 0 Å². The Kier molecular flexibility index (Phi) is 7.55. The Balaban J connectivity index is 1.31. The van der Waals surface area contributed by atoms with Crippen LogP contribution < -0.4 is 15.5 Å². The largest absolute Gasteiger partial charge is 0.416 e. The van der Waals surface area contributed by atoms with Crippen molar-refractivity contribution in [1.29, 1.82) is 0 Å². The van der Waals surface area contributed by atoms with E-state index in [1.54, 1.807) is 17.0 Å². The van der Waals surface area contributed by atoms with Gasteiger partial charge in [0.25, 0.3) is 5.91 Å². The second-order valence-corrected chi connectivity index (χ2v) is 10.1. The molecule has 1 fully saturated rings. The lowest BCUT2D eigenvalue weighted by molar-refractivity contribution is -0.137. The number of nitrogens with zero attached hydrogens (tertiary/aromatic N) is 6. The van der Waals surface area contributed by atoms with Gasteiger partial charge < -0.3 is 25.4 Å². The summed E-state index contributed by atoms with van der Waals surface area (Å²) in [6.45, 7) is 2.21. The molecule has 10 nitrogen and oxygen atoms in total. The molecule has 0 saturated carbocycles. The van der Waals surface area contributed by atoms with Crippen LogP contribution in [0.3, 0.4) is 0 Å². The lowest BCUT2D eigenvalue weighted by atomic mass is 10.1. The van der Waals surface area contributed by atoms with Crippen LogP contribution in [-0.2, 0) is 6.18 Å². The molecule has 1 aliphatic rings. The first-order valence-corrected chi connectivity index (χ1v) is 13.4. The summed E-state index contributed by atoms with van der Waals surface area (Å²) in [7, 11) is 1.91. The van der Waals surface area contributed by atoms with Crippen LogP contribution >= 0.6 is 0 Å². The summed E-state index contributed by atoms with van der Waals surface area (Å²) in [4.78, 5) is 36.6. The highest BCUT2D eigenvalue weighted by Crippen LogP contribution is 2.36. The van der Waals surface area contributed by atoms with Gasteiger partial charge in [-0.2, -0.15) is 13.2 Å². The van der Waals surface area contributed by atoms with E-state index in [0.29, 0.717) is 54.7 Å². The Morgan fingerprint density at radius 1 is 0.977 bits per heavy atom. The zero-order chi connectivity index (χ0) is 31.0. The van der Waals surface area contributed by atoms with E-state index in [1.165, 1.54) is 24.9 Å². The highest BCUT2D eigenvalue weighted by Gasteiger charge is 2.33. The summed E-state index contributed by atoms with van der Waals surface area (Å²) in [5, 5.41) is 4.93. The molecule has 15 heteroatoms. The molecule has 0 atom stereocenters. The van der Waals surface area contributed by atoms with Crippen LogP contribution in [0.4, 0.5) is 44.8 Å². The topological polar surface area (TPSA) is 115 Å². The number of hydrogen-bond donors (Lipinski definition) is 3. The van der Waals surface area contributed by atoms with Crippen LogP contribution in [0, 0.1) is 11.6 Å². The average Bonchev–Trinajstić information content (AvgIpc) is 3.50. The number of alkyl halides is 3. The summed E-state index contributed by atoms with van der Waals surface area (Å²) >= 11 is 0. The van der Waals surface area contributed by atoms with Gasteiger partial charge in [-0.15, -0.1) is 0 Å². The first kappa shape index (κ1) is 28.9. The van der Waals surface area contributed by atoms with Gasteiger partial charge in [-0.3, -0.25) is 4.79 Å². The third kappa shape index (κ3) is 5.73. The van der Waals surface area contributed by atoms with Gasteiger partial charge in [0.15, 0.2) is 11.5 Å². The smallest absolute Gasteiger partial charge is 0.369 e. The number of H-pyrrole nitrogens is 1. The van der Waals surface area contributed by atoms with Crippen molar-refractivity contribution >= 4 is 40.0 Å². The molecule has 0 bridgehead atoms. The second kappa shape index (κ2) is 11.5. The Hall–Kier alpha value is -5.18. The predicted octanol–water partition coefficient (Wildman–Crippen LogP) is 5.46. The molecule has 1 aliphatic heterocycles. The number of amides is 1. The first-order chi connectivity index (χ1) is 21.1. The fourth-order valence-corrected chi connectivity index (χ4v) is 4.89. The van der Waals surface area contributed by atoms with Crippen LogP contribution in [0.25, 0.3) is 22.4 Å². The number of aromatic nitrogens is 5. The van der Waals surface area contributed by atoms with E-state index >= 15 is 4.39 Å². The maximum absolute atomic E-state index is 15.7. The number of halogens is 5. The van der Waals surface area contributed by atoms with E-state index in [4.69, 9.17) is 0 Å². The van der Waals surface area contributed by atoms with Crippen LogP contribution in [0.15, 0.2) is 61.3 Å². The number of benzene rings is 2. The van der Waals surface area contributed by atoms with E-state index in [0.717, 1.165) is 18.2 Å². The number of imidazole rings is 1. The normalized spacial score (nSPS) is 14.2. The number of hydrogen-bond acceptors (Lipinski definition) is 8. The number of piperazine rings is 1. The van der Waals surface area contributed by atoms with Gasteiger partial charge in [0.2, 0.25) is 0 Å². The SMILES string of the molecule is CN1CCN(c2cc(C(=O)Nc3ccc(F)c(Nc4ncccc4-c4ncnc5[nH]cnc45)c3F)cc(C(F)(F)F)c2)CC1. The van der Waals surface area contributed by atoms with E-state index < -0.39 is 40.7 Å². The molecular formula is C29H24F5N9O. The van der Waals surface area contributed by atoms with Crippen molar-refractivity contribution in [2.45, 2.75) is 6.18 Å². The molecule has 226 valence electrons. The van der Waals surface area contributed by atoms with Crippen LogP contribution in [0.2, 0.25) is 0 Å². The molecule has 0 radical (unpaired) electrons. The molecular weight excluding hydrogens is 585 g/mol. The van der Waals surface area contributed by atoms with Gasteiger partial charge in [-0.25, -0.2) is 28.7 Å². The van der Waals surface area contributed by atoms with Crippen LogP contribution in [0.1, 0.15) is 15.9 Å². The van der Waals surface area contributed by atoms with Crippen molar-refractivity contribution in [1.82, 2.24) is 29.8 Å². The molecule has 5 aromatic rings. The molecule has 1 saturated heterocycles. The fraction of sp³-hybridized carbons (Fsp3) is 0.207. The molecule has 3 N–H and O–H groups in total. The van der Waals surface area contributed by atoms with Gasteiger partial charge in [0, 0.05) is 49.2 Å². The van der Waals surface area contributed by atoms with Crippen molar-refractivity contribution < 1.29 is 26.7 Å². The fourth-order valence-electron chi connectivity index (χ4n) is 4.89. The Morgan fingerprint density at radius 2 is 1.77 bits per heavy atom.